The summed E-state index contributed by atoms with van der Waals surface area (Å²) in [7, 11) is 0. The molecule has 74 valence electrons. The summed E-state index contributed by atoms with van der Waals surface area (Å²) in [6, 6.07) is 5.13. The van der Waals surface area contributed by atoms with Crippen LogP contribution >= 0.6 is 23.2 Å². The Morgan fingerprint density at radius 2 is 2.14 bits per heavy atom. The molecule has 2 N–H and O–H groups in total. The van der Waals surface area contributed by atoms with Gasteiger partial charge in [0.1, 0.15) is 0 Å². The van der Waals surface area contributed by atoms with Gasteiger partial charge in [0.15, 0.2) is 0 Å². The first-order valence-electron chi connectivity index (χ1n) is 4.35. The molecule has 1 rings (SSSR count). The van der Waals surface area contributed by atoms with Gasteiger partial charge in [0, 0.05) is 10.6 Å². The molecule has 1 aromatic carbocycles. The van der Waals surface area contributed by atoms with Crippen LogP contribution in [0.15, 0.2) is 18.2 Å². The van der Waals surface area contributed by atoms with E-state index in [9.17, 15) is 0 Å². The van der Waals surface area contributed by atoms with Crippen molar-refractivity contribution in [3.05, 3.63) is 33.8 Å². The van der Waals surface area contributed by atoms with Crippen LogP contribution in [0, 0.1) is 11.8 Å². The van der Waals surface area contributed by atoms with Crippen molar-refractivity contribution >= 4 is 23.2 Å². The highest BCUT2D eigenvalue weighted by Crippen LogP contribution is 2.19. The highest BCUT2D eigenvalue weighted by Gasteiger charge is 1.97. The fraction of sp³-hybridized carbons (Fsp3) is 0.273. The van der Waals surface area contributed by atoms with E-state index in [4.69, 9.17) is 28.9 Å². The second-order valence-electron chi connectivity index (χ2n) is 2.91. The van der Waals surface area contributed by atoms with Gasteiger partial charge in [0.25, 0.3) is 0 Å². The molecule has 1 aromatic rings. The van der Waals surface area contributed by atoms with E-state index in [1.807, 2.05) is 6.92 Å². The predicted octanol–water partition coefficient (Wildman–Crippen LogP) is 3.08. The minimum Gasteiger partial charge on any atom is -0.318 e. The van der Waals surface area contributed by atoms with Crippen LogP contribution in [0.25, 0.3) is 0 Å². The van der Waals surface area contributed by atoms with Gasteiger partial charge >= 0.3 is 0 Å². The predicted molar refractivity (Wildman–Crippen MR) is 61.6 cm³/mol. The van der Waals surface area contributed by atoms with Gasteiger partial charge in [-0.1, -0.05) is 42.0 Å². The quantitative estimate of drug-likeness (QED) is 0.734. The third kappa shape index (κ3) is 3.23. The monoisotopic (exact) mass is 227 g/mol. The Bertz CT molecular complexity index is 377. The summed E-state index contributed by atoms with van der Waals surface area (Å²) in [6.45, 7) is 1.99. The average molecular weight is 228 g/mol. The molecule has 1 atom stereocenters. The van der Waals surface area contributed by atoms with Crippen molar-refractivity contribution in [1.82, 2.24) is 0 Å². The Hall–Kier alpha value is -0.680. The van der Waals surface area contributed by atoms with Gasteiger partial charge in [-0.05, 0) is 24.6 Å². The van der Waals surface area contributed by atoms with Crippen molar-refractivity contribution in [2.24, 2.45) is 5.73 Å². The summed E-state index contributed by atoms with van der Waals surface area (Å²) in [5.41, 5.74) is 6.42. The van der Waals surface area contributed by atoms with Crippen LogP contribution < -0.4 is 5.73 Å². The molecule has 14 heavy (non-hydrogen) atoms. The van der Waals surface area contributed by atoms with E-state index in [0.29, 0.717) is 10.0 Å². The normalized spacial score (nSPS) is 11.7. The first-order valence-corrected chi connectivity index (χ1v) is 5.11. The number of nitrogens with two attached hydrogens (primary N) is 1. The van der Waals surface area contributed by atoms with Gasteiger partial charge in [-0.25, -0.2) is 0 Å². The zero-order chi connectivity index (χ0) is 10.6. The summed E-state index contributed by atoms with van der Waals surface area (Å²) >= 11 is 11.7. The van der Waals surface area contributed by atoms with Crippen LogP contribution in [0.1, 0.15) is 18.9 Å². The molecular formula is C11H11Cl2N. The van der Waals surface area contributed by atoms with E-state index in [0.717, 1.165) is 12.0 Å². The van der Waals surface area contributed by atoms with E-state index in [1.54, 1.807) is 18.2 Å². The summed E-state index contributed by atoms with van der Waals surface area (Å²) in [5.74, 6) is 5.83. The summed E-state index contributed by atoms with van der Waals surface area (Å²) in [5, 5.41) is 1.17. The fourth-order valence-corrected chi connectivity index (χ4v) is 1.32. The molecule has 0 saturated heterocycles. The topological polar surface area (TPSA) is 26.0 Å². The molecule has 1 nitrogen and oxygen atoms in total. The molecule has 0 aliphatic heterocycles. The molecule has 0 bridgehead atoms. The first kappa shape index (κ1) is 11.4. The lowest BCUT2D eigenvalue weighted by Crippen LogP contribution is -2.15. The van der Waals surface area contributed by atoms with Gasteiger partial charge in [0.2, 0.25) is 0 Å². The third-order valence-corrected chi connectivity index (χ3v) is 2.31. The summed E-state index contributed by atoms with van der Waals surface area (Å²) in [4.78, 5) is 0. The second-order valence-corrected chi connectivity index (χ2v) is 3.75. The van der Waals surface area contributed by atoms with E-state index in [1.165, 1.54) is 0 Å². The third-order valence-electron chi connectivity index (χ3n) is 1.76. The zero-order valence-electron chi connectivity index (χ0n) is 7.85. The van der Waals surface area contributed by atoms with Gasteiger partial charge < -0.3 is 5.73 Å². The molecule has 0 saturated carbocycles. The zero-order valence-corrected chi connectivity index (χ0v) is 9.36. The van der Waals surface area contributed by atoms with Gasteiger partial charge in [-0.15, -0.1) is 0 Å². The van der Waals surface area contributed by atoms with E-state index < -0.39 is 0 Å². The Kier molecular flexibility index (Phi) is 4.28. The number of halogens is 2. The fourth-order valence-electron chi connectivity index (χ4n) is 0.863. The maximum Gasteiger partial charge on any atom is 0.0665 e. The highest BCUT2D eigenvalue weighted by atomic mass is 35.5. The van der Waals surface area contributed by atoms with E-state index in [-0.39, 0.29) is 6.04 Å². The summed E-state index contributed by atoms with van der Waals surface area (Å²) < 4.78 is 0. The lowest BCUT2D eigenvalue weighted by Gasteiger charge is -1.98. The minimum absolute atomic E-state index is 0.0956. The first-order chi connectivity index (χ1) is 6.63. The van der Waals surface area contributed by atoms with E-state index >= 15 is 0 Å². The van der Waals surface area contributed by atoms with Crippen LogP contribution in [0.4, 0.5) is 0 Å². The number of benzene rings is 1. The molecule has 0 fully saturated rings. The van der Waals surface area contributed by atoms with Crippen molar-refractivity contribution in [3.8, 4) is 11.8 Å². The van der Waals surface area contributed by atoms with Gasteiger partial charge in [0.05, 0.1) is 11.1 Å². The SMILES string of the molecule is CCC(N)C#Cc1ccc(Cl)cc1Cl. The van der Waals surface area contributed by atoms with Crippen LogP contribution in [-0.4, -0.2) is 6.04 Å². The molecule has 0 aliphatic rings. The van der Waals surface area contributed by atoms with Crippen molar-refractivity contribution < 1.29 is 0 Å². The van der Waals surface area contributed by atoms with Crippen molar-refractivity contribution in [2.45, 2.75) is 19.4 Å². The minimum atomic E-state index is -0.0956. The molecule has 0 heterocycles. The largest absolute Gasteiger partial charge is 0.318 e. The van der Waals surface area contributed by atoms with Crippen LogP contribution in [0.5, 0.6) is 0 Å². The van der Waals surface area contributed by atoms with Crippen molar-refractivity contribution in [1.29, 1.82) is 0 Å². The smallest absolute Gasteiger partial charge is 0.0665 e. The molecule has 0 spiro atoms. The lowest BCUT2D eigenvalue weighted by atomic mass is 10.2. The van der Waals surface area contributed by atoms with Crippen LogP contribution in [0.2, 0.25) is 10.0 Å². The van der Waals surface area contributed by atoms with Crippen LogP contribution in [-0.2, 0) is 0 Å². The lowest BCUT2D eigenvalue weighted by molar-refractivity contribution is 0.806. The number of hydrogen-bond donors (Lipinski definition) is 1. The van der Waals surface area contributed by atoms with E-state index in [2.05, 4.69) is 11.8 Å². The maximum absolute atomic E-state index is 5.93. The average Bonchev–Trinajstić information content (AvgIpc) is 2.16. The molecule has 0 aromatic heterocycles. The van der Waals surface area contributed by atoms with Crippen molar-refractivity contribution in [3.63, 3.8) is 0 Å². The molecule has 0 radical (unpaired) electrons. The second kappa shape index (κ2) is 5.26. The van der Waals surface area contributed by atoms with Gasteiger partial charge in [-0.2, -0.15) is 0 Å². The highest BCUT2D eigenvalue weighted by molar-refractivity contribution is 6.35. The Morgan fingerprint density at radius 3 is 2.71 bits per heavy atom. The Balaban J connectivity index is 2.90. The Morgan fingerprint density at radius 1 is 1.43 bits per heavy atom. The standard InChI is InChI=1S/C11H11Cl2N/c1-2-10(14)6-4-8-3-5-9(12)7-11(8)13/h3,5,7,10H,2,14H2,1H3. The molecular weight excluding hydrogens is 217 g/mol. The van der Waals surface area contributed by atoms with Gasteiger partial charge in [-0.3, -0.25) is 0 Å². The van der Waals surface area contributed by atoms with Crippen molar-refractivity contribution in [2.75, 3.05) is 0 Å². The summed E-state index contributed by atoms with van der Waals surface area (Å²) in [6.07, 6.45) is 0.832. The molecule has 0 aliphatic carbocycles. The maximum atomic E-state index is 5.93. The molecule has 3 heteroatoms. The molecule has 1 unspecified atom stereocenters. The molecule has 0 amide bonds. The number of hydrogen-bond acceptors (Lipinski definition) is 1. The van der Waals surface area contributed by atoms with Crippen LogP contribution in [0.3, 0.4) is 0 Å². The Labute approximate surface area is 94.2 Å². The number of rotatable bonds is 1.